The molecule has 0 spiro atoms. The van der Waals surface area contributed by atoms with Crippen molar-refractivity contribution in [3.05, 3.63) is 12.2 Å². The molecule has 0 bridgehead atoms. The van der Waals surface area contributed by atoms with E-state index in [-0.39, 0.29) is 0 Å². The molecule has 48 valence electrons. The third-order valence-corrected chi connectivity index (χ3v) is 1.06. The van der Waals surface area contributed by atoms with Crippen LogP contribution < -0.4 is 0 Å². The first-order valence-electron chi connectivity index (χ1n) is 2.72. The minimum absolute atomic E-state index is 0.645. The van der Waals surface area contributed by atoms with E-state index in [4.69, 9.17) is 0 Å². The van der Waals surface area contributed by atoms with Crippen LogP contribution in [-0.2, 0) is 11.2 Å². The van der Waals surface area contributed by atoms with E-state index in [1.807, 2.05) is 6.92 Å². The summed E-state index contributed by atoms with van der Waals surface area (Å²) in [6.45, 7) is 1.92. The van der Waals surface area contributed by atoms with Crippen LogP contribution in [0.4, 0.5) is 0 Å². The lowest BCUT2D eigenvalue weighted by Crippen LogP contribution is -2.01. The summed E-state index contributed by atoms with van der Waals surface area (Å²) < 4.78 is 1.22. The zero-order chi connectivity index (χ0) is 6.69. The standard InChI is InChI=1S/C5H7N3O/c1-2-5-6-3-7-8(5)4-9/h3-4H,2H2,1H3. The average molecular weight is 125 g/mol. The number of carbonyl (C=O) groups excluding carboxylic acids is 1. The normalized spacial score (nSPS) is 9.44. The van der Waals surface area contributed by atoms with E-state index in [1.54, 1.807) is 0 Å². The molecule has 0 fully saturated rings. The molecule has 9 heavy (non-hydrogen) atoms. The Morgan fingerprint density at radius 1 is 1.89 bits per heavy atom. The highest BCUT2D eigenvalue weighted by atomic mass is 16.1. The van der Waals surface area contributed by atoms with Crippen molar-refractivity contribution < 1.29 is 4.79 Å². The molecule has 0 radical (unpaired) electrons. The molecule has 0 atom stereocenters. The van der Waals surface area contributed by atoms with Crippen LogP contribution in [0, 0.1) is 0 Å². The van der Waals surface area contributed by atoms with Crippen LogP contribution in [0.25, 0.3) is 0 Å². The number of rotatable bonds is 2. The summed E-state index contributed by atoms with van der Waals surface area (Å²) in [6.07, 6.45) is 2.75. The van der Waals surface area contributed by atoms with Gasteiger partial charge in [0.2, 0.25) is 6.41 Å². The van der Waals surface area contributed by atoms with Gasteiger partial charge in [-0.05, 0) is 0 Å². The van der Waals surface area contributed by atoms with Crippen LogP contribution in [0.15, 0.2) is 6.33 Å². The predicted molar refractivity (Wildman–Crippen MR) is 31.5 cm³/mol. The maximum Gasteiger partial charge on any atom is 0.235 e. The SMILES string of the molecule is CCc1ncnn1C=O. The Hall–Kier alpha value is -1.19. The van der Waals surface area contributed by atoms with E-state index in [0.29, 0.717) is 12.2 Å². The molecule has 0 unspecified atom stereocenters. The summed E-state index contributed by atoms with van der Waals surface area (Å²) >= 11 is 0. The van der Waals surface area contributed by atoms with Crippen molar-refractivity contribution in [1.82, 2.24) is 14.8 Å². The van der Waals surface area contributed by atoms with Crippen LogP contribution in [0.5, 0.6) is 0 Å². The van der Waals surface area contributed by atoms with Gasteiger partial charge in [-0.15, -0.1) is 0 Å². The van der Waals surface area contributed by atoms with E-state index >= 15 is 0 Å². The molecule has 0 aliphatic rings. The topological polar surface area (TPSA) is 47.8 Å². The average Bonchev–Trinajstić information content (AvgIpc) is 2.33. The maximum atomic E-state index is 10.1. The Kier molecular flexibility index (Phi) is 1.58. The zero-order valence-electron chi connectivity index (χ0n) is 5.11. The smallest absolute Gasteiger partial charge is 0.235 e. The molecule has 0 aliphatic heterocycles. The number of aryl methyl sites for hydroxylation is 1. The van der Waals surface area contributed by atoms with Crippen molar-refractivity contribution in [3.8, 4) is 0 Å². The van der Waals surface area contributed by atoms with E-state index in [9.17, 15) is 4.79 Å². The highest BCUT2D eigenvalue weighted by Gasteiger charge is 1.96. The second-order valence-corrected chi connectivity index (χ2v) is 1.58. The van der Waals surface area contributed by atoms with Crippen LogP contribution in [0.2, 0.25) is 0 Å². The number of aromatic nitrogens is 3. The first-order valence-corrected chi connectivity index (χ1v) is 2.72. The first-order chi connectivity index (χ1) is 4.38. The van der Waals surface area contributed by atoms with E-state index in [1.165, 1.54) is 11.0 Å². The molecular formula is C5H7N3O. The van der Waals surface area contributed by atoms with Crippen molar-refractivity contribution in [2.24, 2.45) is 0 Å². The van der Waals surface area contributed by atoms with E-state index in [0.717, 1.165) is 6.42 Å². The van der Waals surface area contributed by atoms with Gasteiger partial charge < -0.3 is 0 Å². The third-order valence-electron chi connectivity index (χ3n) is 1.06. The first kappa shape index (κ1) is 5.94. The second kappa shape index (κ2) is 2.39. The predicted octanol–water partition coefficient (Wildman–Crippen LogP) is -0.121. The van der Waals surface area contributed by atoms with Gasteiger partial charge in [0.1, 0.15) is 12.2 Å². The van der Waals surface area contributed by atoms with Gasteiger partial charge in [-0.3, -0.25) is 4.79 Å². The molecule has 1 aromatic rings. The van der Waals surface area contributed by atoms with Gasteiger partial charge in [0.05, 0.1) is 0 Å². The van der Waals surface area contributed by atoms with Gasteiger partial charge in [0, 0.05) is 6.42 Å². The Morgan fingerprint density at radius 2 is 2.67 bits per heavy atom. The Morgan fingerprint density at radius 3 is 3.11 bits per heavy atom. The van der Waals surface area contributed by atoms with Gasteiger partial charge in [-0.1, -0.05) is 6.92 Å². The summed E-state index contributed by atoms with van der Waals surface area (Å²) in [5.74, 6) is 0.699. The molecule has 0 aliphatic carbocycles. The van der Waals surface area contributed by atoms with Gasteiger partial charge in [0.25, 0.3) is 0 Å². The molecule has 0 aromatic carbocycles. The molecule has 1 aromatic heterocycles. The molecular weight excluding hydrogens is 118 g/mol. The van der Waals surface area contributed by atoms with Gasteiger partial charge in [0.15, 0.2) is 0 Å². The van der Waals surface area contributed by atoms with Gasteiger partial charge in [-0.2, -0.15) is 9.78 Å². The lowest BCUT2D eigenvalue weighted by Gasteiger charge is -1.88. The van der Waals surface area contributed by atoms with Crippen molar-refractivity contribution in [1.29, 1.82) is 0 Å². The minimum atomic E-state index is 0.645. The van der Waals surface area contributed by atoms with Crippen molar-refractivity contribution >= 4 is 6.41 Å². The van der Waals surface area contributed by atoms with Crippen molar-refractivity contribution in [2.45, 2.75) is 13.3 Å². The number of hydrogen-bond donors (Lipinski definition) is 0. The Labute approximate surface area is 52.5 Å². The Balaban J connectivity index is 2.98. The summed E-state index contributed by atoms with van der Waals surface area (Å²) in [7, 11) is 0. The fourth-order valence-electron chi connectivity index (χ4n) is 0.615. The summed E-state index contributed by atoms with van der Waals surface area (Å²) in [5, 5.41) is 3.64. The molecule has 0 N–H and O–H groups in total. The summed E-state index contributed by atoms with van der Waals surface area (Å²) in [5.41, 5.74) is 0. The molecule has 0 saturated carbocycles. The molecule has 4 nitrogen and oxygen atoms in total. The monoisotopic (exact) mass is 125 g/mol. The molecule has 4 heteroatoms. The number of nitrogens with zero attached hydrogens (tertiary/aromatic N) is 3. The quantitative estimate of drug-likeness (QED) is 0.517. The molecule has 0 saturated heterocycles. The third kappa shape index (κ3) is 0.960. The number of carbonyl (C=O) groups is 1. The highest BCUT2D eigenvalue weighted by molar-refractivity contribution is 5.50. The maximum absolute atomic E-state index is 10.1. The van der Waals surface area contributed by atoms with Crippen molar-refractivity contribution in [2.75, 3.05) is 0 Å². The van der Waals surface area contributed by atoms with Crippen LogP contribution in [-0.4, -0.2) is 21.2 Å². The van der Waals surface area contributed by atoms with Gasteiger partial charge in [-0.25, -0.2) is 4.98 Å². The van der Waals surface area contributed by atoms with E-state index in [2.05, 4.69) is 10.1 Å². The van der Waals surface area contributed by atoms with Crippen molar-refractivity contribution in [3.63, 3.8) is 0 Å². The van der Waals surface area contributed by atoms with E-state index < -0.39 is 0 Å². The van der Waals surface area contributed by atoms with Crippen LogP contribution >= 0.6 is 0 Å². The molecule has 1 heterocycles. The molecule has 0 amide bonds. The highest BCUT2D eigenvalue weighted by Crippen LogP contribution is 1.88. The lowest BCUT2D eigenvalue weighted by atomic mass is 10.5. The van der Waals surface area contributed by atoms with Crippen LogP contribution in [0.1, 0.15) is 12.7 Å². The van der Waals surface area contributed by atoms with Gasteiger partial charge >= 0.3 is 0 Å². The summed E-state index contributed by atoms with van der Waals surface area (Å²) in [6, 6.07) is 0. The second-order valence-electron chi connectivity index (χ2n) is 1.58. The largest absolute Gasteiger partial charge is 0.276 e. The fourth-order valence-corrected chi connectivity index (χ4v) is 0.615. The molecule has 1 rings (SSSR count). The lowest BCUT2D eigenvalue weighted by molar-refractivity contribution is 0.537. The fraction of sp³-hybridized carbons (Fsp3) is 0.400. The summed E-state index contributed by atoms with van der Waals surface area (Å²) in [4.78, 5) is 13.9. The van der Waals surface area contributed by atoms with Crippen LogP contribution in [0.3, 0.4) is 0 Å². The Bertz CT molecular complexity index is 206. The zero-order valence-corrected chi connectivity index (χ0v) is 5.11. The number of hydrogen-bond acceptors (Lipinski definition) is 3. The minimum Gasteiger partial charge on any atom is -0.276 e.